The zero-order chi connectivity index (χ0) is 17.9. The Bertz CT molecular complexity index is 609. The molecule has 0 radical (unpaired) electrons. The van der Waals surface area contributed by atoms with Crippen LogP contribution in [0.3, 0.4) is 0 Å². The van der Waals surface area contributed by atoms with Crippen molar-refractivity contribution in [1.29, 1.82) is 0 Å². The lowest BCUT2D eigenvalue weighted by atomic mass is 10.1. The van der Waals surface area contributed by atoms with Crippen molar-refractivity contribution < 1.29 is 19.4 Å². The molecule has 24 heavy (non-hydrogen) atoms. The van der Waals surface area contributed by atoms with Gasteiger partial charge in [-0.15, -0.1) is 0 Å². The number of amides is 1. The molecule has 132 valence electrons. The van der Waals surface area contributed by atoms with Gasteiger partial charge in [-0.25, -0.2) is 9.59 Å². The highest BCUT2D eigenvalue weighted by Crippen LogP contribution is 2.24. The topological polar surface area (TPSA) is 70.1 Å². The van der Waals surface area contributed by atoms with Crippen LogP contribution in [0, 0.1) is 0 Å². The molecule has 1 atom stereocenters. The van der Waals surface area contributed by atoms with Crippen LogP contribution in [-0.2, 0) is 4.74 Å². The van der Waals surface area contributed by atoms with Gasteiger partial charge in [-0.05, 0) is 45.4 Å². The van der Waals surface area contributed by atoms with E-state index in [1.165, 1.54) is 0 Å². The summed E-state index contributed by atoms with van der Waals surface area (Å²) in [7, 11) is 0. The summed E-state index contributed by atoms with van der Waals surface area (Å²) in [6.45, 7) is 9.42. The summed E-state index contributed by atoms with van der Waals surface area (Å²) >= 11 is 0. The molecule has 1 aliphatic rings. The quantitative estimate of drug-likeness (QED) is 0.919. The monoisotopic (exact) mass is 334 g/mol. The van der Waals surface area contributed by atoms with Crippen LogP contribution >= 0.6 is 0 Å². The van der Waals surface area contributed by atoms with E-state index in [1.54, 1.807) is 23.1 Å². The summed E-state index contributed by atoms with van der Waals surface area (Å²) < 4.78 is 5.45. The van der Waals surface area contributed by atoms with Crippen LogP contribution in [0.25, 0.3) is 0 Å². The summed E-state index contributed by atoms with van der Waals surface area (Å²) in [4.78, 5) is 27.3. The molecule has 0 unspecified atom stereocenters. The highest BCUT2D eigenvalue weighted by molar-refractivity contribution is 5.88. The van der Waals surface area contributed by atoms with Crippen LogP contribution in [0.15, 0.2) is 24.3 Å². The number of hydrogen-bond donors (Lipinski definition) is 1. The van der Waals surface area contributed by atoms with E-state index in [0.717, 1.165) is 12.1 Å². The van der Waals surface area contributed by atoms with Crippen molar-refractivity contribution in [2.45, 2.75) is 45.8 Å². The van der Waals surface area contributed by atoms with Gasteiger partial charge in [-0.2, -0.15) is 0 Å². The Balaban J connectivity index is 2.12. The van der Waals surface area contributed by atoms with Crippen LogP contribution in [0.4, 0.5) is 10.5 Å². The maximum Gasteiger partial charge on any atom is 0.410 e. The molecule has 1 N–H and O–H groups in total. The second-order valence-corrected chi connectivity index (χ2v) is 7.04. The number of piperazine rings is 1. The van der Waals surface area contributed by atoms with E-state index in [2.05, 4.69) is 11.8 Å². The molecule has 1 saturated heterocycles. The Kier molecular flexibility index (Phi) is 5.36. The van der Waals surface area contributed by atoms with Crippen molar-refractivity contribution in [2.24, 2.45) is 0 Å². The molecule has 1 amide bonds. The number of carboxylic acid groups (broad SMARTS) is 1. The molecular formula is C18H26N2O4. The number of carboxylic acids is 1. The maximum atomic E-state index is 12.3. The average Bonchev–Trinajstić information content (AvgIpc) is 2.52. The first-order valence-electron chi connectivity index (χ1n) is 8.29. The highest BCUT2D eigenvalue weighted by Gasteiger charge is 2.31. The zero-order valence-corrected chi connectivity index (χ0v) is 14.8. The van der Waals surface area contributed by atoms with Crippen LogP contribution < -0.4 is 4.90 Å². The molecule has 0 spiro atoms. The summed E-state index contributed by atoms with van der Waals surface area (Å²) in [6, 6.07) is 7.08. The molecule has 1 aliphatic heterocycles. The van der Waals surface area contributed by atoms with Crippen LogP contribution in [0.5, 0.6) is 0 Å². The Morgan fingerprint density at radius 2 is 2.00 bits per heavy atom. The molecule has 6 nitrogen and oxygen atoms in total. The predicted octanol–water partition coefficient (Wildman–Crippen LogP) is 3.22. The number of carbonyl (C=O) groups excluding carboxylic acids is 1. The van der Waals surface area contributed by atoms with Crippen molar-refractivity contribution in [3.05, 3.63) is 29.8 Å². The highest BCUT2D eigenvalue weighted by atomic mass is 16.6. The molecule has 0 saturated carbocycles. The second kappa shape index (κ2) is 7.11. The number of anilines is 1. The Morgan fingerprint density at radius 3 is 2.58 bits per heavy atom. The summed E-state index contributed by atoms with van der Waals surface area (Å²) in [5.74, 6) is -0.933. The standard InChI is InChI=1S/C18H26N2O4/c1-5-14-12-19(17(23)24-18(2,3)4)9-10-20(14)15-8-6-7-13(11-15)16(21)22/h6-8,11,14H,5,9-10,12H2,1-4H3,(H,21,22)/t14-/m1/s1. The molecule has 0 bridgehead atoms. The van der Waals surface area contributed by atoms with E-state index in [0.29, 0.717) is 19.6 Å². The molecule has 1 aromatic carbocycles. The number of ether oxygens (including phenoxy) is 1. The summed E-state index contributed by atoms with van der Waals surface area (Å²) in [5, 5.41) is 9.17. The van der Waals surface area contributed by atoms with E-state index in [4.69, 9.17) is 9.84 Å². The number of carbonyl (C=O) groups is 2. The fraction of sp³-hybridized carbons (Fsp3) is 0.556. The Hall–Kier alpha value is -2.24. The third-order valence-electron chi connectivity index (χ3n) is 4.03. The van der Waals surface area contributed by atoms with Gasteiger partial charge in [-0.3, -0.25) is 0 Å². The zero-order valence-electron chi connectivity index (χ0n) is 14.8. The lowest BCUT2D eigenvalue weighted by molar-refractivity contribution is 0.0213. The predicted molar refractivity (Wildman–Crippen MR) is 92.6 cm³/mol. The van der Waals surface area contributed by atoms with Gasteiger partial charge < -0.3 is 19.6 Å². The Morgan fingerprint density at radius 1 is 1.29 bits per heavy atom. The van der Waals surface area contributed by atoms with Crippen molar-refractivity contribution in [3.63, 3.8) is 0 Å². The van der Waals surface area contributed by atoms with Crippen LogP contribution in [-0.4, -0.2) is 53.3 Å². The maximum absolute atomic E-state index is 12.3. The first kappa shape index (κ1) is 18.1. The summed E-state index contributed by atoms with van der Waals surface area (Å²) in [5.41, 5.74) is 0.647. The van der Waals surface area contributed by atoms with Gasteiger partial charge in [0.15, 0.2) is 0 Å². The van der Waals surface area contributed by atoms with E-state index in [1.807, 2.05) is 26.8 Å². The number of rotatable bonds is 3. The van der Waals surface area contributed by atoms with Crippen molar-refractivity contribution >= 4 is 17.7 Å². The fourth-order valence-electron chi connectivity index (χ4n) is 2.85. The number of benzene rings is 1. The molecule has 1 fully saturated rings. The minimum Gasteiger partial charge on any atom is -0.478 e. The lowest BCUT2D eigenvalue weighted by Crippen LogP contribution is -2.55. The third kappa shape index (κ3) is 4.40. The van der Waals surface area contributed by atoms with Crippen molar-refractivity contribution in [2.75, 3.05) is 24.5 Å². The molecule has 0 aromatic heterocycles. The number of hydrogen-bond acceptors (Lipinski definition) is 4. The van der Waals surface area contributed by atoms with E-state index in [9.17, 15) is 9.59 Å². The number of nitrogens with zero attached hydrogens (tertiary/aromatic N) is 2. The molecule has 0 aliphatic carbocycles. The van der Waals surface area contributed by atoms with Gasteiger partial charge in [-0.1, -0.05) is 13.0 Å². The Labute approximate surface area is 143 Å². The largest absolute Gasteiger partial charge is 0.478 e. The van der Waals surface area contributed by atoms with Crippen LogP contribution in [0.2, 0.25) is 0 Å². The van der Waals surface area contributed by atoms with Crippen LogP contribution in [0.1, 0.15) is 44.5 Å². The fourth-order valence-corrected chi connectivity index (χ4v) is 2.85. The lowest BCUT2D eigenvalue weighted by Gasteiger charge is -2.42. The smallest absolute Gasteiger partial charge is 0.410 e. The van der Waals surface area contributed by atoms with Gasteiger partial charge in [0, 0.05) is 31.4 Å². The average molecular weight is 334 g/mol. The van der Waals surface area contributed by atoms with Crippen molar-refractivity contribution in [3.8, 4) is 0 Å². The normalized spacial score (nSPS) is 18.4. The van der Waals surface area contributed by atoms with E-state index < -0.39 is 11.6 Å². The third-order valence-corrected chi connectivity index (χ3v) is 4.03. The van der Waals surface area contributed by atoms with E-state index in [-0.39, 0.29) is 17.7 Å². The van der Waals surface area contributed by atoms with Gasteiger partial charge in [0.05, 0.1) is 5.56 Å². The molecule has 1 aromatic rings. The second-order valence-electron chi connectivity index (χ2n) is 7.04. The van der Waals surface area contributed by atoms with Gasteiger partial charge >= 0.3 is 12.1 Å². The van der Waals surface area contributed by atoms with Gasteiger partial charge in [0.2, 0.25) is 0 Å². The van der Waals surface area contributed by atoms with Crippen molar-refractivity contribution in [1.82, 2.24) is 4.90 Å². The minimum atomic E-state index is -0.933. The SMILES string of the molecule is CC[C@@H]1CN(C(=O)OC(C)(C)C)CCN1c1cccc(C(=O)O)c1. The molecule has 6 heteroatoms. The molecular weight excluding hydrogens is 308 g/mol. The summed E-state index contributed by atoms with van der Waals surface area (Å²) in [6.07, 6.45) is 0.566. The van der Waals surface area contributed by atoms with E-state index >= 15 is 0 Å². The van der Waals surface area contributed by atoms with Gasteiger partial charge in [0.1, 0.15) is 5.60 Å². The first-order valence-corrected chi connectivity index (χ1v) is 8.29. The molecule has 2 rings (SSSR count). The van der Waals surface area contributed by atoms with Gasteiger partial charge in [0.25, 0.3) is 0 Å². The number of aromatic carboxylic acids is 1. The minimum absolute atomic E-state index is 0.135. The first-order chi connectivity index (χ1) is 11.2. The molecule has 1 heterocycles.